The number of hydrogen-bond acceptors (Lipinski definition) is 3. The zero-order valence-corrected chi connectivity index (χ0v) is 10.5. The smallest absolute Gasteiger partial charge is 0.328 e. The topological polar surface area (TPSA) is 83.6 Å². The van der Waals surface area contributed by atoms with Gasteiger partial charge in [0.25, 0.3) is 0 Å². The quantitative estimate of drug-likeness (QED) is 0.790. The number of aliphatic carboxylic acids is 1. The largest absolute Gasteiger partial charge is 0.478 e. The third-order valence-electron chi connectivity index (χ3n) is 2.20. The first kappa shape index (κ1) is 14.1. The lowest BCUT2D eigenvalue weighted by Crippen LogP contribution is -2.31. The van der Waals surface area contributed by atoms with Crippen molar-refractivity contribution in [3.63, 3.8) is 0 Å². The minimum absolute atomic E-state index is 0.00234. The van der Waals surface area contributed by atoms with Crippen molar-refractivity contribution >= 4 is 35.2 Å². The van der Waals surface area contributed by atoms with Crippen LogP contribution in [-0.2, 0) is 9.59 Å². The van der Waals surface area contributed by atoms with Crippen molar-refractivity contribution in [2.75, 3.05) is 18.5 Å². The number of carbonyl (C=O) groups excluding carboxylic acids is 1. The normalized spacial score (nSPS) is 10.6. The van der Waals surface area contributed by atoms with Crippen LogP contribution in [0.15, 0.2) is 24.3 Å². The molecule has 0 heterocycles. The number of amides is 1. The second kappa shape index (κ2) is 6.07. The summed E-state index contributed by atoms with van der Waals surface area (Å²) in [5.74, 6) is -1.55. The Labute approximate surface area is 109 Å². The molecule has 0 aliphatic carbocycles. The van der Waals surface area contributed by atoms with Crippen LogP contribution in [0.4, 0.5) is 5.69 Å². The van der Waals surface area contributed by atoms with Crippen LogP contribution in [0.25, 0.3) is 6.08 Å². The summed E-state index contributed by atoms with van der Waals surface area (Å²) in [5, 5.41) is 9.03. The number of benzene rings is 1. The van der Waals surface area contributed by atoms with E-state index in [1.165, 1.54) is 6.08 Å². The molecule has 0 aliphatic heterocycles. The lowest BCUT2D eigenvalue weighted by atomic mass is 10.1. The van der Waals surface area contributed by atoms with Crippen molar-refractivity contribution in [3.8, 4) is 0 Å². The van der Waals surface area contributed by atoms with Gasteiger partial charge in [-0.25, -0.2) is 4.79 Å². The van der Waals surface area contributed by atoms with Crippen LogP contribution in [0, 0.1) is 0 Å². The third-order valence-corrected chi connectivity index (χ3v) is 2.50. The van der Waals surface area contributed by atoms with Crippen molar-refractivity contribution < 1.29 is 14.7 Å². The van der Waals surface area contributed by atoms with E-state index in [1.54, 1.807) is 30.1 Å². The molecule has 0 radical (unpaired) electrons. The van der Waals surface area contributed by atoms with E-state index in [0.717, 1.165) is 6.08 Å². The highest BCUT2D eigenvalue weighted by atomic mass is 35.5. The number of primary amides is 1. The van der Waals surface area contributed by atoms with Gasteiger partial charge in [0.15, 0.2) is 0 Å². The average molecular weight is 269 g/mol. The summed E-state index contributed by atoms with van der Waals surface area (Å²) < 4.78 is 0. The fourth-order valence-electron chi connectivity index (χ4n) is 1.54. The lowest BCUT2D eigenvalue weighted by molar-refractivity contribution is -0.131. The molecule has 0 aromatic heterocycles. The molecular weight excluding hydrogens is 256 g/mol. The van der Waals surface area contributed by atoms with Gasteiger partial charge >= 0.3 is 5.97 Å². The van der Waals surface area contributed by atoms with Gasteiger partial charge < -0.3 is 15.7 Å². The van der Waals surface area contributed by atoms with Gasteiger partial charge in [-0.3, -0.25) is 4.79 Å². The Morgan fingerprint density at radius 1 is 1.50 bits per heavy atom. The third kappa shape index (κ3) is 3.78. The molecule has 6 heteroatoms. The molecule has 3 N–H and O–H groups in total. The van der Waals surface area contributed by atoms with Gasteiger partial charge in [-0.05, 0) is 17.7 Å². The van der Waals surface area contributed by atoms with Crippen LogP contribution in [0.1, 0.15) is 5.56 Å². The van der Waals surface area contributed by atoms with E-state index in [4.69, 9.17) is 22.4 Å². The van der Waals surface area contributed by atoms with Gasteiger partial charge in [0.2, 0.25) is 5.91 Å². The lowest BCUT2D eigenvalue weighted by Gasteiger charge is -2.21. The molecule has 1 rings (SSSR count). The number of para-hydroxylation sites is 1. The predicted octanol–water partition coefficient (Wildman–Crippen LogP) is 1.36. The van der Waals surface area contributed by atoms with Gasteiger partial charge in [-0.15, -0.1) is 0 Å². The zero-order chi connectivity index (χ0) is 13.7. The van der Waals surface area contributed by atoms with Gasteiger partial charge in [0, 0.05) is 13.1 Å². The number of nitrogens with two attached hydrogens (primary N) is 1. The molecule has 0 saturated heterocycles. The van der Waals surface area contributed by atoms with Crippen LogP contribution in [0.5, 0.6) is 0 Å². The summed E-state index contributed by atoms with van der Waals surface area (Å²) >= 11 is 6.05. The Hall–Kier alpha value is -2.01. The van der Waals surface area contributed by atoms with Crippen molar-refractivity contribution in [3.05, 3.63) is 34.9 Å². The molecule has 1 aromatic rings. The number of hydrogen-bond donors (Lipinski definition) is 2. The molecule has 0 saturated carbocycles. The SMILES string of the molecule is CN(CC(N)=O)c1c(Cl)cccc1/C=C/C(=O)O. The molecule has 0 atom stereocenters. The first-order valence-electron chi connectivity index (χ1n) is 5.10. The number of halogens is 1. The van der Waals surface area contributed by atoms with E-state index < -0.39 is 11.9 Å². The monoisotopic (exact) mass is 268 g/mol. The highest BCUT2D eigenvalue weighted by Crippen LogP contribution is 2.29. The number of carbonyl (C=O) groups is 2. The second-order valence-electron chi connectivity index (χ2n) is 3.67. The predicted molar refractivity (Wildman–Crippen MR) is 70.6 cm³/mol. The maximum atomic E-state index is 10.9. The minimum atomic E-state index is -1.06. The van der Waals surface area contributed by atoms with E-state index in [1.807, 2.05) is 0 Å². The molecule has 1 aromatic carbocycles. The summed E-state index contributed by atoms with van der Waals surface area (Å²) in [6.45, 7) is -0.00234. The molecule has 1 amide bonds. The number of carboxylic acid groups (broad SMARTS) is 1. The van der Waals surface area contributed by atoms with Crippen LogP contribution < -0.4 is 10.6 Å². The Morgan fingerprint density at radius 2 is 2.17 bits per heavy atom. The molecule has 0 fully saturated rings. The molecule has 0 spiro atoms. The Kier molecular flexibility index (Phi) is 4.74. The number of nitrogens with zero attached hydrogens (tertiary/aromatic N) is 1. The van der Waals surface area contributed by atoms with Gasteiger partial charge in [0.1, 0.15) is 0 Å². The van der Waals surface area contributed by atoms with Crippen molar-refractivity contribution in [1.29, 1.82) is 0 Å². The van der Waals surface area contributed by atoms with E-state index in [2.05, 4.69) is 0 Å². The Balaban J connectivity index is 3.15. The molecule has 0 unspecified atom stereocenters. The number of likely N-dealkylation sites (N-methyl/N-ethyl adjacent to an activating group) is 1. The molecule has 0 bridgehead atoms. The van der Waals surface area contributed by atoms with E-state index in [0.29, 0.717) is 16.3 Å². The first-order valence-corrected chi connectivity index (χ1v) is 5.48. The average Bonchev–Trinajstić information content (AvgIpc) is 2.24. The van der Waals surface area contributed by atoms with Crippen molar-refractivity contribution in [1.82, 2.24) is 0 Å². The molecule has 0 aliphatic rings. The molecular formula is C12H13ClN2O3. The summed E-state index contributed by atoms with van der Waals surface area (Å²) in [5.41, 5.74) is 6.29. The fraction of sp³-hybridized carbons (Fsp3) is 0.167. The van der Waals surface area contributed by atoms with E-state index in [-0.39, 0.29) is 6.54 Å². The van der Waals surface area contributed by atoms with Crippen molar-refractivity contribution in [2.45, 2.75) is 0 Å². The first-order chi connectivity index (χ1) is 8.41. The summed E-state index contributed by atoms with van der Waals surface area (Å²) in [6.07, 6.45) is 2.42. The van der Waals surface area contributed by atoms with Crippen LogP contribution in [0.2, 0.25) is 5.02 Å². The van der Waals surface area contributed by atoms with E-state index in [9.17, 15) is 9.59 Å². The van der Waals surface area contributed by atoms with Crippen LogP contribution in [-0.4, -0.2) is 30.6 Å². The van der Waals surface area contributed by atoms with Gasteiger partial charge in [0.05, 0.1) is 17.3 Å². The summed E-state index contributed by atoms with van der Waals surface area (Å²) in [6, 6.07) is 5.07. The van der Waals surface area contributed by atoms with E-state index >= 15 is 0 Å². The highest BCUT2D eigenvalue weighted by Gasteiger charge is 2.12. The maximum Gasteiger partial charge on any atom is 0.328 e. The Bertz CT molecular complexity index is 500. The van der Waals surface area contributed by atoms with Crippen LogP contribution in [0.3, 0.4) is 0 Å². The number of anilines is 1. The summed E-state index contributed by atoms with van der Waals surface area (Å²) in [7, 11) is 1.66. The minimum Gasteiger partial charge on any atom is -0.478 e. The van der Waals surface area contributed by atoms with Gasteiger partial charge in [-0.2, -0.15) is 0 Å². The zero-order valence-electron chi connectivity index (χ0n) is 9.76. The van der Waals surface area contributed by atoms with Gasteiger partial charge in [-0.1, -0.05) is 23.7 Å². The number of carboxylic acids is 1. The molecule has 96 valence electrons. The fourth-order valence-corrected chi connectivity index (χ4v) is 1.87. The Morgan fingerprint density at radius 3 is 2.72 bits per heavy atom. The summed E-state index contributed by atoms with van der Waals surface area (Å²) in [4.78, 5) is 23.0. The standard InChI is InChI=1S/C12H13ClN2O3/c1-15(7-10(14)16)12-8(5-6-11(17)18)3-2-4-9(12)13/h2-6H,7H2,1H3,(H2,14,16)(H,17,18)/b6-5+. The highest BCUT2D eigenvalue weighted by molar-refractivity contribution is 6.33. The second-order valence-corrected chi connectivity index (χ2v) is 4.08. The van der Waals surface area contributed by atoms with Crippen LogP contribution >= 0.6 is 11.6 Å². The number of rotatable bonds is 5. The maximum absolute atomic E-state index is 10.9. The molecule has 18 heavy (non-hydrogen) atoms. The van der Waals surface area contributed by atoms with Crippen molar-refractivity contribution in [2.24, 2.45) is 5.73 Å². The molecule has 5 nitrogen and oxygen atoms in total.